The average Bonchev–Trinajstić information content (AvgIpc) is 2.17. The second kappa shape index (κ2) is 4.38. The van der Waals surface area contributed by atoms with Gasteiger partial charge in [-0.05, 0) is 12.5 Å². The topological polar surface area (TPSA) is 37.3 Å². The van der Waals surface area contributed by atoms with Crippen molar-refractivity contribution in [3.63, 3.8) is 0 Å². The number of carbonyl (C=O) groups excluding carboxylic acids is 1. The van der Waals surface area contributed by atoms with Crippen LogP contribution >= 0.6 is 0 Å². The molecule has 0 aromatic heterocycles. The molecule has 0 heterocycles. The number of benzene rings is 1. The van der Waals surface area contributed by atoms with E-state index in [0.29, 0.717) is 0 Å². The Bertz CT molecular complexity index is 358. The SMILES string of the molecule is CC(C)(C)C(=O)CC(C)(O)c1ccccc1. The normalized spacial score (nSPS) is 15.6. The standard InChI is InChI=1S/C14H20O2/c1-13(2,3)12(15)10-14(4,16)11-8-6-5-7-9-11/h5-9,16H,10H2,1-4H3. The predicted molar refractivity (Wildman–Crippen MR) is 65.1 cm³/mol. The molecule has 1 rings (SSSR count). The van der Waals surface area contributed by atoms with E-state index in [-0.39, 0.29) is 12.2 Å². The highest BCUT2D eigenvalue weighted by Crippen LogP contribution is 2.29. The highest BCUT2D eigenvalue weighted by atomic mass is 16.3. The van der Waals surface area contributed by atoms with Crippen LogP contribution in [0.1, 0.15) is 39.7 Å². The van der Waals surface area contributed by atoms with Gasteiger partial charge in [0.2, 0.25) is 0 Å². The van der Waals surface area contributed by atoms with Crippen molar-refractivity contribution in [3.05, 3.63) is 35.9 Å². The Morgan fingerprint density at radius 3 is 2.06 bits per heavy atom. The first-order valence-corrected chi connectivity index (χ1v) is 5.55. The van der Waals surface area contributed by atoms with Gasteiger partial charge in [-0.2, -0.15) is 0 Å². The largest absolute Gasteiger partial charge is 0.385 e. The quantitative estimate of drug-likeness (QED) is 0.850. The fraction of sp³-hybridized carbons (Fsp3) is 0.500. The van der Waals surface area contributed by atoms with Gasteiger partial charge >= 0.3 is 0 Å². The van der Waals surface area contributed by atoms with Crippen molar-refractivity contribution >= 4 is 5.78 Å². The summed E-state index contributed by atoms with van der Waals surface area (Å²) in [4.78, 5) is 11.9. The van der Waals surface area contributed by atoms with Gasteiger partial charge in [-0.1, -0.05) is 51.1 Å². The van der Waals surface area contributed by atoms with Crippen LogP contribution in [0.25, 0.3) is 0 Å². The molecule has 0 fully saturated rings. The lowest BCUT2D eigenvalue weighted by Crippen LogP contribution is -2.31. The molecule has 0 amide bonds. The van der Waals surface area contributed by atoms with Crippen molar-refractivity contribution in [2.24, 2.45) is 5.41 Å². The highest BCUT2D eigenvalue weighted by molar-refractivity contribution is 5.84. The molecule has 0 bridgehead atoms. The van der Waals surface area contributed by atoms with Crippen LogP contribution in [0.4, 0.5) is 0 Å². The van der Waals surface area contributed by atoms with E-state index in [1.807, 2.05) is 51.1 Å². The second-order valence-electron chi connectivity index (χ2n) is 5.49. The molecule has 0 saturated heterocycles. The van der Waals surface area contributed by atoms with Crippen LogP contribution in [0.3, 0.4) is 0 Å². The minimum Gasteiger partial charge on any atom is -0.385 e. The van der Waals surface area contributed by atoms with Gasteiger partial charge in [0.25, 0.3) is 0 Å². The molecule has 1 atom stereocenters. The summed E-state index contributed by atoms with van der Waals surface area (Å²) in [5, 5.41) is 10.3. The van der Waals surface area contributed by atoms with E-state index >= 15 is 0 Å². The molecule has 0 aliphatic rings. The Balaban J connectivity index is 2.85. The molecule has 1 aromatic carbocycles. The minimum atomic E-state index is -1.08. The summed E-state index contributed by atoms with van der Waals surface area (Å²) in [7, 11) is 0. The van der Waals surface area contributed by atoms with Crippen LogP contribution in [-0.2, 0) is 10.4 Å². The molecule has 0 spiro atoms. The number of hydrogen-bond acceptors (Lipinski definition) is 2. The molecular weight excluding hydrogens is 200 g/mol. The van der Waals surface area contributed by atoms with E-state index in [4.69, 9.17) is 0 Å². The lowest BCUT2D eigenvalue weighted by atomic mass is 9.81. The Labute approximate surface area is 97.3 Å². The van der Waals surface area contributed by atoms with Crippen LogP contribution in [0, 0.1) is 5.41 Å². The fourth-order valence-electron chi connectivity index (χ4n) is 1.48. The third-order valence-corrected chi connectivity index (χ3v) is 2.74. The smallest absolute Gasteiger partial charge is 0.141 e. The van der Waals surface area contributed by atoms with Crippen molar-refractivity contribution in [2.75, 3.05) is 0 Å². The van der Waals surface area contributed by atoms with Gasteiger partial charge in [-0.3, -0.25) is 4.79 Å². The maximum absolute atomic E-state index is 11.9. The first kappa shape index (κ1) is 12.9. The van der Waals surface area contributed by atoms with Crippen molar-refractivity contribution in [1.82, 2.24) is 0 Å². The highest BCUT2D eigenvalue weighted by Gasteiger charge is 2.31. The third kappa shape index (κ3) is 3.17. The van der Waals surface area contributed by atoms with Gasteiger partial charge in [0.15, 0.2) is 0 Å². The lowest BCUT2D eigenvalue weighted by molar-refractivity contribution is -0.131. The molecule has 2 heteroatoms. The minimum absolute atomic E-state index is 0.0707. The monoisotopic (exact) mass is 220 g/mol. The van der Waals surface area contributed by atoms with Crippen LogP contribution in [-0.4, -0.2) is 10.9 Å². The predicted octanol–water partition coefficient (Wildman–Crippen LogP) is 2.90. The van der Waals surface area contributed by atoms with E-state index in [2.05, 4.69) is 0 Å². The number of rotatable bonds is 3. The van der Waals surface area contributed by atoms with Crippen molar-refractivity contribution in [1.29, 1.82) is 0 Å². The van der Waals surface area contributed by atoms with Gasteiger partial charge in [0.1, 0.15) is 5.78 Å². The molecule has 0 aliphatic heterocycles. The average molecular weight is 220 g/mol. The summed E-state index contributed by atoms with van der Waals surface area (Å²) >= 11 is 0. The molecule has 1 unspecified atom stereocenters. The van der Waals surface area contributed by atoms with Crippen LogP contribution in [0.15, 0.2) is 30.3 Å². The van der Waals surface area contributed by atoms with Gasteiger partial charge in [-0.15, -0.1) is 0 Å². The Morgan fingerprint density at radius 1 is 1.12 bits per heavy atom. The Kier molecular flexibility index (Phi) is 3.54. The van der Waals surface area contributed by atoms with E-state index in [9.17, 15) is 9.90 Å². The second-order valence-corrected chi connectivity index (χ2v) is 5.49. The van der Waals surface area contributed by atoms with Crippen molar-refractivity contribution in [2.45, 2.75) is 39.7 Å². The summed E-state index contributed by atoms with van der Waals surface area (Å²) in [6, 6.07) is 9.31. The van der Waals surface area contributed by atoms with Crippen molar-refractivity contribution < 1.29 is 9.90 Å². The van der Waals surface area contributed by atoms with Crippen molar-refractivity contribution in [3.8, 4) is 0 Å². The molecule has 0 aliphatic carbocycles. The number of ketones is 1. The molecule has 16 heavy (non-hydrogen) atoms. The summed E-state index contributed by atoms with van der Waals surface area (Å²) in [5.74, 6) is 0.0707. The first-order chi connectivity index (χ1) is 7.23. The number of hydrogen-bond donors (Lipinski definition) is 1. The van der Waals surface area contributed by atoms with E-state index in [1.165, 1.54) is 0 Å². The van der Waals surface area contributed by atoms with E-state index in [0.717, 1.165) is 5.56 Å². The van der Waals surface area contributed by atoms with Gasteiger partial charge in [0, 0.05) is 11.8 Å². The number of carbonyl (C=O) groups is 1. The molecule has 0 radical (unpaired) electrons. The maximum atomic E-state index is 11.9. The number of Topliss-reactive ketones (excluding diaryl/α,β-unsaturated/α-hetero) is 1. The zero-order valence-electron chi connectivity index (χ0n) is 10.4. The summed E-state index contributed by atoms with van der Waals surface area (Å²) in [6.07, 6.45) is 0.153. The van der Waals surface area contributed by atoms with E-state index < -0.39 is 11.0 Å². The van der Waals surface area contributed by atoms with Gasteiger partial charge < -0.3 is 5.11 Å². The van der Waals surface area contributed by atoms with Crippen LogP contribution < -0.4 is 0 Å². The van der Waals surface area contributed by atoms with Crippen LogP contribution in [0.2, 0.25) is 0 Å². The molecular formula is C14H20O2. The molecule has 0 saturated carbocycles. The first-order valence-electron chi connectivity index (χ1n) is 5.55. The Hall–Kier alpha value is -1.15. The van der Waals surface area contributed by atoms with Gasteiger partial charge in [0.05, 0.1) is 5.60 Å². The Morgan fingerprint density at radius 2 is 1.62 bits per heavy atom. The molecule has 1 N–H and O–H groups in total. The summed E-state index contributed by atoms with van der Waals surface area (Å²) in [6.45, 7) is 7.30. The fourth-order valence-corrected chi connectivity index (χ4v) is 1.48. The summed E-state index contributed by atoms with van der Waals surface area (Å²) in [5.41, 5.74) is -0.697. The molecule has 1 aromatic rings. The van der Waals surface area contributed by atoms with Gasteiger partial charge in [-0.25, -0.2) is 0 Å². The van der Waals surface area contributed by atoms with E-state index in [1.54, 1.807) is 6.92 Å². The number of aliphatic hydroxyl groups is 1. The summed E-state index contributed by atoms with van der Waals surface area (Å²) < 4.78 is 0. The maximum Gasteiger partial charge on any atom is 0.141 e. The third-order valence-electron chi connectivity index (χ3n) is 2.74. The molecule has 88 valence electrons. The van der Waals surface area contributed by atoms with Crippen LogP contribution in [0.5, 0.6) is 0 Å². The lowest BCUT2D eigenvalue weighted by Gasteiger charge is -2.27. The molecule has 2 nitrogen and oxygen atoms in total. The zero-order chi connectivity index (χ0) is 12.4. The zero-order valence-corrected chi connectivity index (χ0v) is 10.4.